The molecule has 2 amide bonds. The van der Waals surface area contributed by atoms with E-state index in [-0.39, 0.29) is 24.9 Å². The van der Waals surface area contributed by atoms with Gasteiger partial charge in [-0.15, -0.1) is 0 Å². The average molecular weight is 372 g/mol. The summed E-state index contributed by atoms with van der Waals surface area (Å²) in [6.07, 6.45) is -0.202. The van der Waals surface area contributed by atoms with Crippen LogP contribution in [0.4, 0.5) is 8.78 Å². The minimum atomic E-state index is -1.02. The number of carbonyl (C=O) groups excluding carboxylic acids is 2. The van der Waals surface area contributed by atoms with E-state index in [1.54, 1.807) is 14.1 Å². The third-order valence-corrected chi connectivity index (χ3v) is 4.02. The van der Waals surface area contributed by atoms with Gasteiger partial charge < -0.3 is 24.4 Å². The predicted molar refractivity (Wildman–Crippen MR) is 88.0 cm³/mol. The second kappa shape index (κ2) is 8.91. The molecule has 1 aromatic rings. The number of halogens is 2. The number of methoxy groups -OCH3 is 1. The Labute approximate surface area is 150 Å². The van der Waals surface area contributed by atoms with Crippen molar-refractivity contribution < 1.29 is 32.6 Å². The van der Waals surface area contributed by atoms with Crippen molar-refractivity contribution in [2.45, 2.75) is 18.6 Å². The molecule has 2 atom stereocenters. The van der Waals surface area contributed by atoms with E-state index in [4.69, 9.17) is 14.2 Å². The zero-order valence-corrected chi connectivity index (χ0v) is 14.9. The molecule has 7 nitrogen and oxygen atoms in total. The monoisotopic (exact) mass is 372 g/mol. The summed E-state index contributed by atoms with van der Waals surface area (Å²) in [6.45, 7) is 0.345. The van der Waals surface area contributed by atoms with Crippen LogP contribution >= 0.6 is 0 Å². The van der Waals surface area contributed by atoms with E-state index in [0.29, 0.717) is 13.0 Å². The zero-order chi connectivity index (χ0) is 19.3. The number of amides is 2. The molecule has 26 heavy (non-hydrogen) atoms. The first-order valence-electron chi connectivity index (χ1n) is 8.07. The molecule has 1 N–H and O–H groups in total. The third kappa shape index (κ3) is 4.89. The van der Waals surface area contributed by atoms with Gasteiger partial charge in [0, 0.05) is 32.8 Å². The lowest BCUT2D eigenvalue weighted by atomic mass is 10.0. The van der Waals surface area contributed by atoms with Crippen LogP contribution in [0.15, 0.2) is 12.1 Å². The lowest BCUT2D eigenvalue weighted by Crippen LogP contribution is -2.51. The lowest BCUT2D eigenvalue weighted by Gasteiger charge is -2.32. The van der Waals surface area contributed by atoms with E-state index < -0.39 is 35.3 Å². The molecule has 0 radical (unpaired) electrons. The molecule has 0 saturated carbocycles. The summed E-state index contributed by atoms with van der Waals surface area (Å²) in [5.74, 6) is -3.21. The highest BCUT2D eigenvalue weighted by Crippen LogP contribution is 2.21. The van der Waals surface area contributed by atoms with Crippen molar-refractivity contribution in [3.63, 3.8) is 0 Å². The molecule has 2 rings (SSSR count). The molecular weight excluding hydrogens is 350 g/mol. The Morgan fingerprint density at radius 3 is 2.54 bits per heavy atom. The van der Waals surface area contributed by atoms with Gasteiger partial charge in [0.15, 0.2) is 0 Å². The van der Waals surface area contributed by atoms with Gasteiger partial charge in [-0.2, -0.15) is 0 Å². The van der Waals surface area contributed by atoms with Gasteiger partial charge in [0.05, 0.1) is 19.8 Å². The minimum absolute atomic E-state index is 0.0222. The first-order valence-corrected chi connectivity index (χ1v) is 8.07. The van der Waals surface area contributed by atoms with Crippen LogP contribution in [0, 0.1) is 11.6 Å². The van der Waals surface area contributed by atoms with E-state index in [1.807, 2.05) is 0 Å². The fourth-order valence-electron chi connectivity index (χ4n) is 2.47. The summed E-state index contributed by atoms with van der Waals surface area (Å²) in [4.78, 5) is 25.4. The van der Waals surface area contributed by atoms with E-state index in [0.717, 1.165) is 12.1 Å². The second-order valence-corrected chi connectivity index (χ2v) is 6.05. The van der Waals surface area contributed by atoms with Crippen molar-refractivity contribution in [3.8, 4) is 5.75 Å². The van der Waals surface area contributed by atoms with Gasteiger partial charge in [-0.05, 0) is 6.42 Å². The summed E-state index contributed by atoms with van der Waals surface area (Å²) in [5, 5.41) is 2.57. The molecule has 1 aromatic carbocycles. The van der Waals surface area contributed by atoms with Gasteiger partial charge in [-0.3, -0.25) is 9.59 Å². The summed E-state index contributed by atoms with van der Waals surface area (Å²) >= 11 is 0. The first kappa shape index (κ1) is 20.1. The van der Waals surface area contributed by atoms with Crippen LogP contribution in [-0.4, -0.2) is 69.9 Å². The number of likely N-dealkylation sites (N-methyl/N-ethyl adjacent to an activating group) is 1. The van der Waals surface area contributed by atoms with Crippen LogP contribution in [0.5, 0.6) is 5.75 Å². The number of ether oxygens (including phenoxy) is 3. The van der Waals surface area contributed by atoms with Crippen molar-refractivity contribution >= 4 is 11.8 Å². The number of benzene rings is 1. The number of hydrogen-bond acceptors (Lipinski definition) is 5. The number of nitrogens with one attached hydrogen (secondary N) is 1. The third-order valence-electron chi connectivity index (χ3n) is 4.02. The molecule has 1 heterocycles. The maximum absolute atomic E-state index is 14.1. The van der Waals surface area contributed by atoms with E-state index in [2.05, 4.69) is 5.32 Å². The Hall–Kier alpha value is -2.26. The Morgan fingerprint density at radius 2 is 1.96 bits per heavy atom. The number of nitrogens with zero attached hydrogens (tertiary/aromatic N) is 1. The molecule has 144 valence electrons. The summed E-state index contributed by atoms with van der Waals surface area (Å²) in [6, 6.07) is 1.34. The number of hydrogen-bond donors (Lipinski definition) is 1. The maximum atomic E-state index is 14.1. The molecule has 1 aliphatic rings. The molecule has 0 spiro atoms. The Kier molecular flexibility index (Phi) is 6.87. The first-order chi connectivity index (χ1) is 12.3. The van der Waals surface area contributed by atoms with Crippen molar-refractivity contribution in [1.82, 2.24) is 10.2 Å². The fraction of sp³-hybridized carbons (Fsp3) is 0.529. The lowest BCUT2D eigenvalue weighted by molar-refractivity contribution is -0.140. The van der Waals surface area contributed by atoms with Crippen molar-refractivity contribution in [2.24, 2.45) is 0 Å². The van der Waals surface area contributed by atoms with Crippen molar-refractivity contribution in [3.05, 3.63) is 29.3 Å². The molecule has 1 saturated heterocycles. The molecular formula is C17H22F2N2O5. The number of carbonyl (C=O) groups is 2. The van der Waals surface area contributed by atoms with E-state index in [1.165, 1.54) is 12.0 Å². The fourth-order valence-corrected chi connectivity index (χ4v) is 2.47. The maximum Gasteiger partial charge on any atom is 0.257 e. The molecule has 0 aromatic heterocycles. The molecule has 1 fully saturated rings. The van der Waals surface area contributed by atoms with Crippen LogP contribution in [-0.2, 0) is 14.3 Å². The highest BCUT2D eigenvalue weighted by Gasteiger charge is 2.30. The van der Waals surface area contributed by atoms with Crippen molar-refractivity contribution in [2.75, 3.05) is 41.0 Å². The van der Waals surface area contributed by atoms with Crippen LogP contribution in [0.3, 0.4) is 0 Å². The molecule has 1 aliphatic heterocycles. The SMILES string of the molecule is COc1cc(F)c(C(=O)N[C@@H]2CCOC[C@H]2OCC(=O)N(C)C)c(F)c1. The van der Waals surface area contributed by atoms with Gasteiger partial charge >= 0.3 is 0 Å². The normalized spacial score (nSPS) is 19.7. The summed E-state index contributed by atoms with van der Waals surface area (Å²) < 4.78 is 43.7. The van der Waals surface area contributed by atoms with Gasteiger partial charge in [0.1, 0.15) is 35.7 Å². The van der Waals surface area contributed by atoms with Crippen molar-refractivity contribution in [1.29, 1.82) is 0 Å². The smallest absolute Gasteiger partial charge is 0.257 e. The largest absolute Gasteiger partial charge is 0.497 e. The van der Waals surface area contributed by atoms with E-state index >= 15 is 0 Å². The van der Waals surface area contributed by atoms with E-state index in [9.17, 15) is 18.4 Å². The predicted octanol–water partition coefficient (Wildman–Crippen LogP) is 0.965. The summed E-state index contributed by atoms with van der Waals surface area (Å²) in [5.41, 5.74) is -0.694. The number of rotatable bonds is 6. The van der Waals surface area contributed by atoms with Crippen LogP contribution in [0.25, 0.3) is 0 Å². The Bertz CT molecular complexity index is 646. The minimum Gasteiger partial charge on any atom is -0.497 e. The van der Waals surface area contributed by atoms with Crippen LogP contribution < -0.4 is 10.1 Å². The van der Waals surface area contributed by atoms with Gasteiger partial charge in [-0.1, -0.05) is 0 Å². The Morgan fingerprint density at radius 1 is 1.31 bits per heavy atom. The van der Waals surface area contributed by atoms with Gasteiger partial charge in [-0.25, -0.2) is 8.78 Å². The van der Waals surface area contributed by atoms with Gasteiger partial charge in [0.25, 0.3) is 5.91 Å². The summed E-state index contributed by atoms with van der Waals surface area (Å²) in [7, 11) is 4.46. The Balaban J connectivity index is 2.07. The molecule has 0 aliphatic carbocycles. The standard InChI is InChI=1S/C17H22F2N2O5/c1-21(2)15(22)9-26-14-8-25-5-4-13(14)20-17(23)16-11(18)6-10(24-3)7-12(16)19/h6-7,13-14H,4-5,8-9H2,1-3H3,(H,20,23)/t13-,14-/m1/s1. The van der Waals surface area contributed by atoms with Crippen LogP contribution in [0.1, 0.15) is 16.8 Å². The molecule has 0 bridgehead atoms. The second-order valence-electron chi connectivity index (χ2n) is 6.05. The average Bonchev–Trinajstić information content (AvgIpc) is 2.59. The molecule has 9 heteroatoms. The van der Waals surface area contributed by atoms with Crippen LogP contribution in [0.2, 0.25) is 0 Å². The highest BCUT2D eigenvalue weighted by molar-refractivity contribution is 5.95. The topological polar surface area (TPSA) is 77.1 Å². The highest BCUT2D eigenvalue weighted by atomic mass is 19.1. The zero-order valence-electron chi connectivity index (χ0n) is 14.9. The quantitative estimate of drug-likeness (QED) is 0.805. The van der Waals surface area contributed by atoms with Gasteiger partial charge in [0.2, 0.25) is 5.91 Å². The molecule has 0 unspecified atom stereocenters.